The zero-order valence-corrected chi connectivity index (χ0v) is 9.33. The Morgan fingerprint density at radius 1 is 1.31 bits per heavy atom. The van der Waals surface area contributed by atoms with E-state index in [1.54, 1.807) is 0 Å². The average molecular weight is 213 g/mol. The van der Waals surface area contributed by atoms with Crippen LogP contribution in [0.3, 0.4) is 0 Å². The first-order valence-electron chi connectivity index (χ1n) is 5.66. The van der Waals surface area contributed by atoms with Crippen molar-refractivity contribution in [3.63, 3.8) is 0 Å². The minimum atomic E-state index is 0.610. The predicted octanol–water partition coefficient (Wildman–Crippen LogP) is 2.70. The third-order valence-corrected chi connectivity index (χ3v) is 2.95. The molecule has 0 atom stereocenters. The Hall–Kier alpha value is -1.77. The fourth-order valence-corrected chi connectivity index (χ4v) is 1.96. The Kier molecular flexibility index (Phi) is 1.99. The van der Waals surface area contributed by atoms with Crippen molar-refractivity contribution in [1.82, 2.24) is 4.98 Å². The molecule has 1 aromatic carbocycles. The molecule has 1 fully saturated rings. The lowest BCUT2D eigenvalue weighted by molar-refractivity contribution is 1.10. The molecule has 16 heavy (non-hydrogen) atoms. The number of hydrogen-bond acceptors (Lipinski definition) is 3. The molecule has 0 radical (unpaired) electrons. The van der Waals surface area contributed by atoms with Gasteiger partial charge in [-0.25, -0.2) is 4.98 Å². The molecule has 0 saturated heterocycles. The van der Waals surface area contributed by atoms with Crippen LogP contribution in [0.4, 0.5) is 11.5 Å². The number of nitrogens with one attached hydrogen (secondary N) is 1. The maximum absolute atomic E-state index is 5.98. The van der Waals surface area contributed by atoms with Gasteiger partial charge in [0.1, 0.15) is 5.82 Å². The molecule has 0 bridgehead atoms. The van der Waals surface area contributed by atoms with Crippen molar-refractivity contribution in [2.24, 2.45) is 0 Å². The monoisotopic (exact) mass is 213 g/mol. The zero-order chi connectivity index (χ0) is 11.1. The molecule has 1 heterocycles. The highest BCUT2D eigenvalue weighted by atomic mass is 15.0. The lowest BCUT2D eigenvalue weighted by atomic mass is 10.1. The van der Waals surface area contributed by atoms with Crippen molar-refractivity contribution in [2.75, 3.05) is 11.1 Å². The average Bonchev–Trinajstić information content (AvgIpc) is 3.03. The third kappa shape index (κ3) is 1.58. The van der Waals surface area contributed by atoms with E-state index in [1.807, 2.05) is 25.1 Å². The number of hydrogen-bond donors (Lipinski definition) is 2. The third-order valence-electron chi connectivity index (χ3n) is 2.95. The van der Waals surface area contributed by atoms with Crippen LogP contribution < -0.4 is 11.1 Å². The van der Waals surface area contributed by atoms with Crippen LogP contribution in [-0.4, -0.2) is 11.0 Å². The summed E-state index contributed by atoms with van der Waals surface area (Å²) < 4.78 is 0. The highest BCUT2D eigenvalue weighted by Crippen LogP contribution is 2.31. The van der Waals surface area contributed by atoms with Gasteiger partial charge in [-0.05, 0) is 31.9 Å². The van der Waals surface area contributed by atoms with E-state index >= 15 is 0 Å². The second kappa shape index (κ2) is 3.37. The van der Waals surface area contributed by atoms with E-state index in [-0.39, 0.29) is 0 Å². The van der Waals surface area contributed by atoms with Crippen LogP contribution in [0.15, 0.2) is 24.3 Å². The van der Waals surface area contributed by atoms with Gasteiger partial charge >= 0.3 is 0 Å². The molecule has 3 N–H and O–H groups in total. The summed E-state index contributed by atoms with van der Waals surface area (Å²) in [4.78, 5) is 4.56. The number of benzene rings is 1. The Balaban J connectivity index is 2.20. The van der Waals surface area contributed by atoms with Crippen molar-refractivity contribution in [1.29, 1.82) is 0 Å². The molecule has 3 nitrogen and oxygen atoms in total. The van der Waals surface area contributed by atoms with Crippen molar-refractivity contribution in [3.8, 4) is 0 Å². The predicted molar refractivity (Wildman–Crippen MR) is 67.5 cm³/mol. The van der Waals surface area contributed by atoms with Crippen LogP contribution in [0, 0.1) is 6.92 Å². The van der Waals surface area contributed by atoms with Crippen LogP contribution >= 0.6 is 0 Å². The first-order valence-corrected chi connectivity index (χ1v) is 5.66. The molecular formula is C13H15N3. The fraction of sp³-hybridized carbons (Fsp3) is 0.308. The maximum Gasteiger partial charge on any atom is 0.134 e. The number of anilines is 2. The van der Waals surface area contributed by atoms with Crippen LogP contribution in [0.25, 0.3) is 10.8 Å². The molecule has 1 aliphatic carbocycles. The molecule has 1 saturated carbocycles. The maximum atomic E-state index is 5.98. The van der Waals surface area contributed by atoms with Gasteiger partial charge in [-0.15, -0.1) is 0 Å². The lowest BCUT2D eigenvalue weighted by Gasteiger charge is -2.10. The van der Waals surface area contributed by atoms with Gasteiger partial charge in [0.15, 0.2) is 0 Å². The molecular weight excluding hydrogens is 198 g/mol. The van der Waals surface area contributed by atoms with Gasteiger partial charge in [-0.3, -0.25) is 0 Å². The van der Waals surface area contributed by atoms with Gasteiger partial charge < -0.3 is 11.1 Å². The number of rotatable bonds is 2. The second-order valence-corrected chi connectivity index (χ2v) is 4.47. The zero-order valence-electron chi connectivity index (χ0n) is 9.33. The van der Waals surface area contributed by atoms with E-state index < -0.39 is 0 Å². The summed E-state index contributed by atoms with van der Waals surface area (Å²) in [5.41, 5.74) is 7.81. The molecule has 3 rings (SSSR count). The molecule has 0 amide bonds. The van der Waals surface area contributed by atoms with Crippen LogP contribution in [0.1, 0.15) is 18.5 Å². The van der Waals surface area contributed by atoms with Crippen LogP contribution in [0.2, 0.25) is 0 Å². The summed E-state index contributed by atoms with van der Waals surface area (Å²) in [7, 11) is 0. The van der Waals surface area contributed by atoms with Crippen LogP contribution in [-0.2, 0) is 0 Å². The minimum Gasteiger partial charge on any atom is -0.398 e. The number of aromatic nitrogens is 1. The lowest BCUT2D eigenvalue weighted by Crippen LogP contribution is -2.05. The number of nitrogens with zero attached hydrogens (tertiary/aromatic N) is 1. The summed E-state index contributed by atoms with van der Waals surface area (Å²) in [6, 6.07) is 8.64. The van der Waals surface area contributed by atoms with E-state index in [1.165, 1.54) is 12.8 Å². The standard InChI is InChI=1S/C13H15N3/c1-8-7-11-10(3-2-4-12(11)14)13(15-8)16-9-5-6-9/h2-4,7,9H,5-6,14H2,1H3,(H,15,16). The smallest absolute Gasteiger partial charge is 0.134 e. The SMILES string of the molecule is Cc1cc2c(N)cccc2c(NC2CC2)n1. The van der Waals surface area contributed by atoms with E-state index in [2.05, 4.69) is 16.4 Å². The van der Waals surface area contributed by atoms with Gasteiger partial charge in [0, 0.05) is 28.2 Å². The van der Waals surface area contributed by atoms with Crippen LogP contribution in [0.5, 0.6) is 0 Å². The summed E-state index contributed by atoms with van der Waals surface area (Å²) in [6.45, 7) is 2.00. The summed E-state index contributed by atoms with van der Waals surface area (Å²) >= 11 is 0. The normalized spacial score (nSPS) is 15.3. The molecule has 0 unspecified atom stereocenters. The highest BCUT2D eigenvalue weighted by Gasteiger charge is 2.22. The molecule has 0 aliphatic heterocycles. The van der Waals surface area contributed by atoms with E-state index in [9.17, 15) is 0 Å². The van der Waals surface area contributed by atoms with Gasteiger partial charge in [0.25, 0.3) is 0 Å². The molecule has 1 aliphatic rings. The summed E-state index contributed by atoms with van der Waals surface area (Å²) in [5.74, 6) is 0.977. The summed E-state index contributed by atoms with van der Waals surface area (Å²) in [6.07, 6.45) is 2.50. The van der Waals surface area contributed by atoms with Gasteiger partial charge in [0.05, 0.1) is 0 Å². The Morgan fingerprint density at radius 2 is 2.12 bits per heavy atom. The van der Waals surface area contributed by atoms with E-state index in [4.69, 9.17) is 5.73 Å². The molecule has 2 aromatic rings. The van der Waals surface area contributed by atoms with Gasteiger partial charge in [-0.1, -0.05) is 12.1 Å². The van der Waals surface area contributed by atoms with Crippen molar-refractivity contribution >= 4 is 22.3 Å². The molecule has 0 spiro atoms. The van der Waals surface area contributed by atoms with E-state index in [0.29, 0.717) is 6.04 Å². The van der Waals surface area contributed by atoms with Crippen molar-refractivity contribution in [3.05, 3.63) is 30.0 Å². The minimum absolute atomic E-state index is 0.610. The number of nitrogen functional groups attached to an aromatic ring is 1. The number of pyridine rings is 1. The number of nitrogens with two attached hydrogens (primary N) is 1. The molecule has 3 heteroatoms. The topological polar surface area (TPSA) is 50.9 Å². The van der Waals surface area contributed by atoms with E-state index in [0.717, 1.165) is 28.0 Å². The summed E-state index contributed by atoms with van der Waals surface area (Å²) in [5, 5.41) is 5.68. The Labute approximate surface area is 94.7 Å². The number of aryl methyl sites for hydroxylation is 1. The van der Waals surface area contributed by atoms with Crippen molar-refractivity contribution < 1.29 is 0 Å². The van der Waals surface area contributed by atoms with Gasteiger partial charge in [-0.2, -0.15) is 0 Å². The first-order chi connectivity index (χ1) is 7.74. The Bertz CT molecular complexity index is 544. The Morgan fingerprint density at radius 3 is 2.88 bits per heavy atom. The van der Waals surface area contributed by atoms with Gasteiger partial charge in [0.2, 0.25) is 0 Å². The first kappa shape index (κ1) is 9.46. The fourth-order valence-electron chi connectivity index (χ4n) is 1.96. The highest BCUT2D eigenvalue weighted by molar-refractivity contribution is 5.99. The molecule has 82 valence electrons. The van der Waals surface area contributed by atoms with Crippen molar-refractivity contribution in [2.45, 2.75) is 25.8 Å². The largest absolute Gasteiger partial charge is 0.398 e. The quantitative estimate of drug-likeness (QED) is 0.754. The molecule has 1 aromatic heterocycles. The number of fused-ring (bicyclic) bond motifs is 1. The second-order valence-electron chi connectivity index (χ2n) is 4.47.